The Hall–Kier alpha value is -2.59. The summed E-state index contributed by atoms with van der Waals surface area (Å²) in [4.78, 5) is 12.5. The van der Waals surface area contributed by atoms with E-state index in [0.717, 1.165) is 33.2 Å². The fourth-order valence-corrected chi connectivity index (χ4v) is 3.75. The number of rotatable bonds is 3. The maximum Gasteiger partial charge on any atom is 0.251 e. The second-order valence-electron chi connectivity index (χ2n) is 6.77. The molecule has 0 saturated carbocycles. The van der Waals surface area contributed by atoms with Crippen LogP contribution in [0.15, 0.2) is 77.6 Å². The fraction of sp³-hybridized carbons (Fsp3) is 0.0870. The van der Waals surface area contributed by atoms with Gasteiger partial charge in [0.15, 0.2) is 0 Å². The zero-order valence-corrected chi connectivity index (χ0v) is 16.7. The molecule has 0 aliphatic heterocycles. The average molecular weight is 409 g/mol. The minimum Gasteiger partial charge on any atom is -0.320 e. The zero-order chi connectivity index (χ0) is 19.8. The lowest BCUT2D eigenvalue weighted by atomic mass is 9.95. The van der Waals surface area contributed by atoms with E-state index in [2.05, 4.69) is 0 Å². The maximum absolute atomic E-state index is 12.5. The summed E-state index contributed by atoms with van der Waals surface area (Å²) in [6.45, 7) is 0. The van der Waals surface area contributed by atoms with Crippen molar-refractivity contribution in [3.63, 3.8) is 0 Å². The van der Waals surface area contributed by atoms with E-state index in [1.807, 2.05) is 66.7 Å². The van der Waals surface area contributed by atoms with E-state index in [1.54, 1.807) is 17.7 Å². The number of pyridine rings is 1. The Bertz CT molecular complexity index is 1230. The molecule has 5 heteroatoms. The third kappa shape index (κ3) is 3.45. The van der Waals surface area contributed by atoms with Gasteiger partial charge in [-0.3, -0.25) is 4.79 Å². The van der Waals surface area contributed by atoms with Crippen LogP contribution in [-0.2, 0) is 7.05 Å². The molecule has 4 aromatic rings. The van der Waals surface area contributed by atoms with Gasteiger partial charge in [0.05, 0.1) is 11.6 Å². The molecular weight excluding hydrogens is 391 g/mol. The smallest absolute Gasteiger partial charge is 0.251 e. The van der Waals surface area contributed by atoms with Crippen LogP contribution in [0.25, 0.3) is 22.0 Å². The van der Waals surface area contributed by atoms with Gasteiger partial charge >= 0.3 is 0 Å². The topological polar surface area (TPSA) is 48.0 Å². The summed E-state index contributed by atoms with van der Waals surface area (Å²) in [7, 11) is 1.77. The summed E-state index contributed by atoms with van der Waals surface area (Å²) in [6.07, 6.45) is 0. The van der Waals surface area contributed by atoms with Crippen molar-refractivity contribution in [2.75, 3.05) is 0 Å². The highest BCUT2D eigenvalue weighted by atomic mass is 35.5. The lowest BCUT2D eigenvalue weighted by Gasteiger charge is -2.16. The Kier molecular flexibility index (Phi) is 4.98. The SMILES string of the molecule is Cn1c(=O)cc(-c2cccc(Cl)c2)c2cc(C(N)c3ccc(Cl)cc3)ccc21. The predicted molar refractivity (Wildman–Crippen MR) is 117 cm³/mol. The van der Waals surface area contributed by atoms with Gasteiger partial charge in [-0.1, -0.05) is 53.5 Å². The second kappa shape index (κ2) is 7.44. The van der Waals surface area contributed by atoms with Crippen molar-refractivity contribution in [1.29, 1.82) is 0 Å². The first-order chi connectivity index (χ1) is 13.4. The molecule has 2 N–H and O–H groups in total. The number of nitrogens with zero attached hydrogens (tertiary/aromatic N) is 1. The van der Waals surface area contributed by atoms with Gasteiger partial charge in [-0.2, -0.15) is 0 Å². The summed E-state index contributed by atoms with van der Waals surface area (Å²) in [5, 5.41) is 2.25. The number of fused-ring (bicyclic) bond motifs is 1. The molecule has 3 aromatic carbocycles. The fourth-order valence-electron chi connectivity index (χ4n) is 3.43. The van der Waals surface area contributed by atoms with Gasteiger partial charge in [0.2, 0.25) is 0 Å². The van der Waals surface area contributed by atoms with Crippen molar-refractivity contribution < 1.29 is 0 Å². The highest BCUT2D eigenvalue weighted by Gasteiger charge is 2.14. The van der Waals surface area contributed by atoms with Crippen LogP contribution in [0, 0.1) is 0 Å². The highest BCUT2D eigenvalue weighted by molar-refractivity contribution is 6.31. The Morgan fingerprint density at radius 1 is 0.857 bits per heavy atom. The molecule has 1 heterocycles. The van der Waals surface area contributed by atoms with Gasteiger partial charge in [0, 0.05) is 28.5 Å². The van der Waals surface area contributed by atoms with Crippen molar-refractivity contribution >= 4 is 34.1 Å². The number of nitrogens with two attached hydrogens (primary N) is 1. The molecule has 3 nitrogen and oxygen atoms in total. The van der Waals surface area contributed by atoms with Crippen LogP contribution in [0.4, 0.5) is 0 Å². The maximum atomic E-state index is 12.5. The molecule has 0 amide bonds. The van der Waals surface area contributed by atoms with Crippen LogP contribution < -0.4 is 11.3 Å². The first kappa shape index (κ1) is 18.8. The first-order valence-corrected chi connectivity index (χ1v) is 9.60. The Morgan fingerprint density at radius 3 is 2.29 bits per heavy atom. The van der Waals surface area contributed by atoms with E-state index in [4.69, 9.17) is 28.9 Å². The van der Waals surface area contributed by atoms with E-state index in [-0.39, 0.29) is 11.6 Å². The third-order valence-electron chi connectivity index (χ3n) is 4.99. The van der Waals surface area contributed by atoms with Crippen LogP contribution >= 0.6 is 23.2 Å². The van der Waals surface area contributed by atoms with Crippen molar-refractivity contribution in [3.8, 4) is 11.1 Å². The van der Waals surface area contributed by atoms with Crippen LogP contribution in [0.5, 0.6) is 0 Å². The van der Waals surface area contributed by atoms with Gasteiger partial charge in [0.1, 0.15) is 0 Å². The molecule has 0 aliphatic carbocycles. The average Bonchev–Trinajstić information content (AvgIpc) is 2.70. The summed E-state index contributed by atoms with van der Waals surface area (Å²) in [6, 6.07) is 22.3. The molecule has 0 saturated heterocycles. The zero-order valence-electron chi connectivity index (χ0n) is 15.2. The largest absolute Gasteiger partial charge is 0.320 e. The lowest BCUT2D eigenvalue weighted by molar-refractivity contribution is 0.869. The molecule has 0 spiro atoms. The monoisotopic (exact) mass is 408 g/mol. The molecule has 28 heavy (non-hydrogen) atoms. The lowest BCUT2D eigenvalue weighted by Crippen LogP contribution is -2.17. The van der Waals surface area contributed by atoms with Crippen LogP contribution in [-0.4, -0.2) is 4.57 Å². The van der Waals surface area contributed by atoms with Crippen LogP contribution in [0.2, 0.25) is 10.0 Å². The van der Waals surface area contributed by atoms with Gasteiger partial charge in [-0.25, -0.2) is 0 Å². The number of aromatic nitrogens is 1. The Labute approximate surface area is 172 Å². The number of halogens is 2. The van der Waals surface area contributed by atoms with Gasteiger partial charge in [-0.05, 0) is 58.7 Å². The first-order valence-electron chi connectivity index (χ1n) is 8.85. The second-order valence-corrected chi connectivity index (χ2v) is 7.64. The summed E-state index contributed by atoms with van der Waals surface area (Å²) < 4.78 is 1.64. The minimum atomic E-state index is -0.300. The molecule has 4 rings (SSSR count). The molecule has 0 radical (unpaired) electrons. The van der Waals surface area contributed by atoms with Crippen molar-refractivity contribution in [2.24, 2.45) is 12.8 Å². The van der Waals surface area contributed by atoms with Gasteiger partial charge < -0.3 is 10.3 Å². The number of hydrogen-bond acceptors (Lipinski definition) is 2. The molecule has 0 aliphatic rings. The molecular formula is C23H18Cl2N2O. The summed E-state index contributed by atoms with van der Waals surface area (Å²) in [5.41, 5.74) is 10.9. The van der Waals surface area contributed by atoms with Crippen molar-refractivity contribution in [3.05, 3.63) is 104 Å². The minimum absolute atomic E-state index is 0.0720. The van der Waals surface area contributed by atoms with E-state index in [1.165, 1.54) is 0 Å². The molecule has 140 valence electrons. The van der Waals surface area contributed by atoms with Crippen molar-refractivity contribution in [1.82, 2.24) is 4.57 Å². The summed E-state index contributed by atoms with van der Waals surface area (Å²) >= 11 is 12.2. The number of benzene rings is 3. The van der Waals surface area contributed by atoms with Crippen LogP contribution in [0.3, 0.4) is 0 Å². The summed E-state index contributed by atoms with van der Waals surface area (Å²) in [5.74, 6) is 0. The van der Waals surface area contributed by atoms with E-state index < -0.39 is 0 Å². The Morgan fingerprint density at radius 2 is 1.57 bits per heavy atom. The third-order valence-corrected chi connectivity index (χ3v) is 5.48. The molecule has 0 fully saturated rings. The molecule has 1 unspecified atom stereocenters. The molecule has 1 atom stereocenters. The normalized spacial score (nSPS) is 12.3. The standard InChI is InChI=1S/C23H18Cl2N2O/c1-27-21-10-7-16(23(26)14-5-8-17(24)9-6-14)12-20(21)19(13-22(27)28)15-3-2-4-18(25)11-15/h2-13,23H,26H2,1H3. The van der Waals surface area contributed by atoms with E-state index in [9.17, 15) is 4.79 Å². The number of aryl methyl sites for hydroxylation is 1. The van der Waals surface area contributed by atoms with E-state index >= 15 is 0 Å². The Balaban J connectivity index is 1.92. The number of hydrogen-bond donors (Lipinski definition) is 1. The quantitative estimate of drug-likeness (QED) is 0.482. The van der Waals surface area contributed by atoms with Gasteiger partial charge in [-0.15, -0.1) is 0 Å². The predicted octanol–water partition coefficient (Wildman–Crippen LogP) is 5.56. The van der Waals surface area contributed by atoms with Crippen molar-refractivity contribution in [2.45, 2.75) is 6.04 Å². The van der Waals surface area contributed by atoms with E-state index in [0.29, 0.717) is 10.0 Å². The highest BCUT2D eigenvalue weighted by Crippen LogP contribution is 2.31. The van der Waals surface area contributed by atoms with Gasteiger partial charge in [0.25, 0.3) is 5.56 Å². The molecule has 1 aromatic heterocycles. The van der Waals surface area contributed by atoms with Crippen LogP contribution in [0.1, 0.15) is 17.2 Å². The molecule has 0 bridgehead atoms.